The highest BCUT2D eigenvalue weighted by Crippen LogP contribution is 2.33. The van der Waals surface area contributed by atoms with E-state index in [9.17, 15) is 4.79 Å². The molecule has 4 heterocycles. The molecule has 0 spiro atoms. The molecule has 1 aromatic heterocycles. The van der Waals surface area contributed by atoms with Crippen LogP contribution in [-0.4, -0.2) is 78.6 Å². The fourth-order valence-electron chi connectivity index (χ4n) is 4.50. The van der Waals surface area contributed by atoms with E-state index in [-0.39, 0.29) is 0 Å². The van der Waals surface area contributed by atoms with Crippen LogP contribution in [0.5, 0.6) is 0 Å². The second kappa shape index (κ2) is 7.09. The number of rotatable bonds is 5. The van der Waals surface area contributed by atoms with Gasteiger partial charge >= 0.3 is 0 Å². The number of fused-ring (bicyclic) bond motifs is 1. The molecule has 3 saturated heterocycles. The maximum Gasteiger partial charge on any atom is 0.224 e. The maximum atomic E-state index is 12.5. The molecule has 0 radical (unpaired) electrons. The summed E-state index contributed by atoms with van der Waals surface area (Å²) in [6, 6.07) is 2.86. The summed E-state index contributed by atoms with van der Waals surface area (Å²) in [5.41, 5.74) is 1.21. The number of carbonyl (C=O) groups is 1. The Labute approximate surface area is 149 Å². The highest BCUT2D eigenvalue weighted by Gasteiger charge is 2.46. The van der Waals surface area contributed by atoms with Crippen LogP contribution in [0.25, 0.3) is 0 Å². The lowest BCUT2D eigenvalue weighted by Gasteiger charge is -2.30. The van der Waals surface area contributed by atoms with Crippen molar-refractivity contribution in [3.8, 4) is 0 Å². The lowest BCUT2D eigenvalue weighted by Crippen LogP contribution is -2.44. The Morgan fingerprint density at radius 1 is 1.12 bits per heavy atom. The van der Waals surface area contributed by atoms with E-state index in [0.29, 0.717) is 24.4 Å². The van der Waals surface area contributed by atoms with Gasteiger partial charge in [-0.05, 0) is 31.9 Å². The first-order chi connectivity index (χ1) is 12.1. The minimum Gasteiger partial charge on any atom is -0.465 e. The third-order valence-electron chi connectivity index (χ3n) is 6.07. The topological polar surface area (TPSA) is 49.2 Å². The van der Waals surface area contributed by atoms with Crippen LogP contribution < -0.4 is 0 Å². The first-order valence-electron chi connectivity index (χ1n) is 9.51. The molecule has 1 aromatic rings. The second-order valence-electron chi connectivity index (χ2n) is 7.59. The first-order valence-corrected chi connectivity index (χ1v) is 9.51. The van der Waals surface area contributed by atoms with Gasteiger partial charge in [0, 0.05) is 51.2 Å². The standard InChI is InChI=1S/C19H29N3O3/c1-14-11-16(25-15(14)2)13-21-4-3-17-18(21)12-19(23)22(17)6-5-20-7-9-24-10-8-20/h11,17-18H,3-10,12-13H2,1-2H3/t17-,18+/m0/s1. The predicted octanol–water partition coefficient (Wildman–Crippen LogP) is 1.40. The van der Waals surface area contributed by atoms with Gasteiger partial charge in [-0.3, -0.25) is 14.6 Å². The Kier molecular flexibility index (Phi) is 4.84. The molecule has 138 valence electrons. The molecule has 1 amide bonds. The summed E-state index contributed by atoms with van der Waals surface area (Å²) in [6.07, 6.45) is 1.74. The molecule has 2 atom stereocenters. The van der Waals surface area contributed by atoms with Crippen LogP contribution in [-0.2, 0) is 16.1 Å². The lowest BCUT2D eigenvalue weighted by molar-refractivity contribution is -0.129. The number of hydrogen-bond acceptors (Lipinski definition) is 5. The molecule has 6 heteroatoms. The zero-order chi connectivity index (χ0) is 17.4. The average molecular weight is 347 g/mol. The first kappa shape index (κ1) is 17.1. The third kappa shape index (κ3) is 3.48. The van der Waals surface area contributed by atoms with Gasteiger partial charge in [0.2, 0.25) is 5.91 Å². The maximum absolute atomic E-state index is 12.5. The summed E-state index contributed by atoms with van der Waals surface area (Å²) >= 11 is 0. The van der Waals surface area contributed by atoms with Gasteiger partial charge in [0.25, 0.3) is 0 Å². The van der Waals surface area contributed by atoms with Crippen molar-refractivity contribution in [3.05, 3.63) is 23.2 Å². The van der Waals surface area contributed by atoms with Crippen LogP contribution in [0, 0.1) is 13.8 Å². The number of ether oxygens (including phenoxy) is 1. The van der Waals surface area contributed by atoms with E-state index in [0.717, 1.165) is 70.4 Å². The average Bonchev–Trinajstić information content (AvgIpc) is 3.23. The van der Waals surface area contributed by atoms with Gasteiger partial charge in [-0.2, -0.15) is 0 Å². The number of nitrogens with zero attached hydrogens (tertiary/aromatic N) is 3. The zero-order valence-corrected chi connectivity index (χ0v) is 15.4. The minimum atomic E-state index is 0.319. The number of morpholine rings is 1. The SMILES string of the molecule is Cc1cc(CN2CC[C@H]3[C@H]2CC(=O)N3CCN2CCOCC2)oc1C. The van der Waals surface area contributed by atoms with Gasteiger partial charge < -0.3 is 14.1 Å². The van der Waals surface area contributed by atoms with Crippen LogP contribution >= 0.6 is 0 Å². The summed E-state index contributed by atoms with van der Waals surface area (Å²) < 4.78 is 11.3. The molecule has 0 aliphatic carbocycles. The quantitative estimate of drug-likeness (QED) is 0.806. The number of hydrogen-bond donors (Lipinski definition) is 0. The normalized spacial score (nSPS) is 28.1. The van der Waals surface area contributed by atoms with Gasteiger partial charge in [-0.15, -0.1) is 0 Å². The summed E-state index contributed by atoms with van der Waals surface area (Å²) in [4.78, 5) is 19.5. The molecule has 0 unspecified atom stereocenters. The molecule has 3 fully saturated rings. The Hall–Kier alpha value is -1.37. The van der Waals surface area contributed by atoms with Crippen molar-refractivity contribution in [2.75, 3.05) is 45.9 Å². The number of carbonyl (C=O) groups excluding carboxylic acids is 1. The molecule has 0 N–H and O–H groups in total. The highest BCUT2D eigenvalue weighted by molar-refractivity contribution is 5.80. The minimum absolute atomic E-state index is 0.319. The van der Waals surface area contributed by atoms with Crippen LogP contribution in [0.4, 0.5) is 0 Å². The Morgan fingerprint density at radius 3 is 2.64 bits per heavy atom. The van der Waals surface area contributed by atoms with Crippen molar-refractivity contribution >= 4 is 5.91 Å². The molecular formula is C19H29N3O3. The molecule has 6 nitrogen and oxygen atoms in total. The molecule has 3 aliphatic heterocycles. The number of likely N-dealkylation sites (tertiary alicyclic amines) is 2. The second-order valence-corrected chi connectivity index (χ2v) is 7.59. The smallest absolute Gasteiger partial charge is 0.224 e. The summed E-state index contributed by atoms with van der Waals surface area (Å²) in [6.45, 7) is 11.4. The summed E-state index contributed by atoms with van der Waals surface area (Å²) in [5, 5.41) is 0. The third-order valence-corrected chi connectivity index (χ3v) is 6.07. The largest absolute Gasteiger partial charge is 0.465 e. The number of amides is 1. The van der Waals surface area contributed by atoms with Gasteiger partial charge in [-0.1, -0.05) is 0 Å². The predicted molar refractivity (Wildman–Crippen MR) is 94.4 cm³/mol. The van der Waals surface area contributed by atoms with E-state index in [4.69, 9.17) is 9.15 Å². The Bertz CT molecular complexity index is 604. The fourth-order valence-corrected chi connectivity index (χ4v) is 4.50. The van der Waals surface area contributed by atoms with Gasteiger partial charge in [0.15, 0.2) is 0 Å². The molecular weight excluding hydrogens is 318 g/mol. The van der Waals surface area contributed by atoms with Gasteiger partial charge in [0.1, 0.15) is 11.5 Å². The molecule has 0 bridgehead atoms. The number of aryl methyl sites for hydroxylation is 2. The van der Waals surface area contributed by atoms with E-state index < -0.39 is 0 Å². The molecule has 4 rings (SSSR count). The van der Waals surface area contributed by atoms with Crippen molar-refractivity contribution in [3.63, 3.8) is 0 Å². The van der Waals surface area contributed by atoms with Crippen molar-refractivity contribution < 1.29 is 13.9 Å². The van der Waals surface area contributed by atoms with E-state index in [1.54, 1.807) is 0 Å². The van der Waals surface area contributed by atoms with Crippen LogP contribution in [0.1, 0.15) is 29.9 Å². The monoisotopic (exact) mass is 347 g/mol. The van der Waals surface area contributed by atoms with E-state index in [2.05, 4.69) is 27.7 Å². The van der Waals surface area contributed by atoms with Crippen molar-refractivity contribution in [2.24, 2.45) is 0 Å². The highest BCUT2D eigenvalue weighted by atomic mass is 16.5. The Balaban J connectivity index is 1.35. The van der Waals surface area contributed by atoms with Crippen LogP contribution in [0.15, 0.2) is 10.5 Å². The molecule has 25 heavy (non-hydrogen) atoms. The molecule has 3 aliphatic rings. The summed E-state index contributed by atoms with van der Waals surface area (Å²) in [5.74, 6) is 2.34. The lowest BCUT2D eigenvalue weighted by atomic mass is 10.1. The fraction of sp³-hybridized carbons (Fsp3) is 0.737. The van der Waals surface area contributed by atoms with Crippen molar-refractivity contribution in [1.82, 2.24) is 14.7 Å². The van der Waals surface area contributed by atoms with E-state index in [1.165, 1.54) is 5.56 Å². The zero-order valence-electron chi connectivity index (χ0n) is 15.4. The van der Waals surface area contributed by atoms with Crippen molar-refractivity contribution in [2.45, 2.75) is 45.3 Å². The molecule has 0 saturated carbocycles. The number of furan rings is 1. The summed E-state index contributed by atoms with van der Waals surface area (Å²) in [7, 11) is 0. The van der Waals surface area contributed by atoms with Gasteiger partial charge in [-0.25, -0.2) is 0 Å². The van der Waals surface area contributed by atoms with Crippen LogP contribution in [0.3, 0.4) is 0 Å². The van der Waals surface area contributed by atoms with E-state index >= 15 is 0 Å². The van der Waals surface area contributed by atoms with Crippen LogP contribution in [0.2, 0.25) is 0 Å². The van der Waals surface area contributed by atoms with Crippen molar-refractivity contribution in [1.29, 1.82) is 0 Å². The molecule has 0 aromatic carbocycles. The van der Waals surface area contributed by atoms with Gasteiger partial charge in [0.05, 0.1) is 19.8 Å². The Morgan fingerprint density at radius 2 is 1.92 bits per heavy atom. The van der Waals surface area contributed by atoms with E-state index in [1.807, 2.05) is 6.92 Å².